The highest BCUT2D eigenvalue weighted by Crippen LogP contribution is 2.35. The van der Waals surface area contributed by atoms with Crippen molar-refractivity contribution in [2.24, 2.45) is 0 Å². The molecule has 0 unspecified atom stereocenters. The lowest BCUT2D eigenvalue weighted by Crippen LogP contribution is -2.50. The number of amides is 1. The molecule has 0 saturated carbocycles. The molecule has 1 fully saturated rings. The van der Waals surface area contributed by atoms with E-state index in [9.17, 15) is 18.0 Å². The van der Waals surface area contributed by atoms with Crippen LogP contribution in [0.25, 0.3) is 22.4 Å². The highest BCUT2D eigenvalue weighted by Gasteiger charge is 2.33. The average molecular weight is 605 g/mol. The van der Waals surface area contributed by atoms with Crippen molar-refractivity contribution in [3.05, 3.63) is 48.1 Å². The average Bonchev–Trinajstić information content (AvgIpc) is 3.67. The number of rotatable bonds is 8. The maximum absolute atomic E-state index is 15.1. The molecule has 0 aliphatic carbocycles. The predicted octanol–water partition coefficient (Wildman–Crippen LogP) is 5.37. The SMILES string of the molecule is CC(C)N1CC[C@@H](Nc2cccc3c2cc(-c2noc(CNC(=O)c4cnn(C(C)(C)C)c4)n2)n3CC(F)(F)F)[C@@H](F)C1. The van der Waals surface area contributed by atoms with Gasteiger partial charge in [-0.2, -0.15) is 23.3 Å². The Kier molecular flexibility index (Phi) is 8.25. The molecule has 14 heteroatoms. The molecule has 4 aromatic rings. The maximum atomic E-state index is 15.1. The molecule has 43 heavy (non-hydrogen) atoms. The molecule has 0 bridgehead atoms. The fourth-order valence-electron chi connectivity index (χ4n) is 5.20. The lowest BCUT2D eigenvalue weighted by atomic mass is 10.0. The van der Waals surface area contributed by atoms with Gasteiger partial charge in [0.15, 0.2) is 0 Å². The van der Waals surface area contributed by atoms with E-state index in [-0.39, 0.29) is 42.1 Å². The standard InChI is InChI=1S/C29H36F4N8O2/c1-17(2)39-10-9-22(20(30)15-39)36-21-7-6-8-23-19(21)11-24(40(23)16-29(31,32)33)26-37-25(43-38-26)13-34-27(42)18-12-35-41(14-18)28(3,4)5/h6-8,11-12,14,17,20,22,36H,9-10,13,15-16H2,1-5H3,(H,34,42)/t20-,22+/m0/s1. The predicted molar refractivity (Wildman–Crippen MR) is 153 cm³/mol. The van der Waals surface area contributed by atoms with Crippen molar-refractivity contribution in [2.45, 2.75) is 84.1 Å². The van der Waals surface area contributed by atoms with E-state index in [1.54, 1.807) is 35.1 Å². The molecule has 1 aliphatic heterocycles. The summed E-state index contributed by atoms with van der Waals surface area (Å²) in [7, 11) is 0. The monoisotopic (exact) mass is 604 g/mol. The van der Waals surface area contributed by atoms with E-state index < -0.39 is 30.8 Å². The van der Waals surface area contributed by atoms with E-state index in [2.05, 4.69) is 30.8 Å². The Hall–Kier alpha value is -3.94. The Balaban J connectivity index is 1.38. The van der Waals surface area contributed by atoms with Crippen molar-refractivity contribution in [2.75, 3.05) is 18.4 Å². The normalized spacial score (nSPS) is 18.5. The zero-order valence-corrected chi connectivity index (χ0v) is 24.7. The fraction of sp³-hybridized carbons (Fsp3) is 0.517. The first-order chi connectivity index (χ1) is 20.2. The number of hydrogen-bond acceptors (Lipinski definition) is 7. The summed E-state index contributed by atoms with van der Waals surface area (Å²) in [4.78, 5) is 19.0. The Bertz CT molecular complexity index is 1580. The van der Waals surface area contributed by atoms with E-state index in [1.165, 1.54) is 6.20 Å². The molecule has 1 aliphatic rings. The number of alkyl halides is 4. The van der Waals surface area contributed by atoms with Crippen LogP contribution in [0.15, 0.2) is 41.2 Å². The highest BCUT2D eigenvalue weighted by atomic mass is 19.4. The topological polar surface area (TPSA) is 106 Å². The van der Waals surface area contributed by atoms with Gasteiger partial charge in [-0.15, -0.1) is 0 Å². The van der Waals surface area contributed by atoms with Crippen LogP contribution in [-0.4, -0.2) is 72.8 Å². The van der Waals surface area contributed by atoms with Gasteiger partial charge >= 0.3 is 6.18 Å². The summed E-state index contributed by atoms with van der Waals surface area (Å²) in [6.07, 6.45) is -2.05. The Morgan fingerprint density at radius 3 is 2.63 bits per heavy atom. The third-order valence-electron chi connectivity index (χ3n) is 7.56. The molecule has 10 nitrogen and oxygen atoms in total. The summed E-state index contributed by atoms with van der Waals surface area (Å²) in [5.41, 5.74) is 0.939. The molecule has 2 atom stereocenters. The molecule has 1 amide bonds. The Morgan fingerprint density at radius 2 is 1.98 bits per heavy atom. The van der Waals surface area contributed by atoms with Crippen LogP contribution in [0.5, 0.6) is 0 Å². The largest absolute Gasteiger partial charge is 0.406 e. The van der Waals surface area contributed by atoms with Crippen LogP contribution in [0.2, 0.25) is 0 Å². The number of benzene rings is 1. The molecule has 0 radical (unpaired) electrons. The zero-order chi connectivity index (χ0) is 31.1. The van der Waals surface area contributed by atoms with Crippen LogP contribution in [0.1, 0.15) is 57.3 Å². The van der Waals surface area contributed by atoms with E-state index in [0.717, 1.165) is 4.57 Å². The summed E-state index contributed by atoms with van der Waals surface area (Å²) in [6, 6.07) is 6.23. The minimum absolute atomic E-state index is 0.0194. The number of nitrogens with one attached hydrogen (secondary N) is 2. The lowest BCUT2D eigenvalue weighted by molar-refractivity contribution is -0.139. The number of aromatic nitrogens is 5. The van der Waals surface area contributed by atoms with Gasteiger partial charge in [0.05, 0.1) is 41.1 Å². The number of hydrogen-bond donors (Lipinski definition) is 2. The van der Waals surface area contributed by atoms with Crippen LogP contribution >= 0.6 is 0 Å². The quantitative estimate of drug-likeness (QED) is 0.261. The summed E-state index contributed by atoms with van der Waals surface area (Å²) in [5, 5.41) is 14.5. The van der Waals surface area contributed by atoms with Crippen molar-refractivity contribution >= 4 is 22.5 Å². The smallest absolute Gasteiger partial charge is 0.379 e. The molecular formula is C29H36F4N8O2. The summed E-state index contributed by atoms with van der Waals surface area (Å²) >= 11 is 0. The zero-order valence-electron chi connectivity index (χ0n) is 24.7. The van der Waals surface area contributed by atoms with Crippen LogP contribution < -0.4 is 10.6 Å². The van der Waals surface area contributed by atoms with E-state index in [1.807, 2.05) is 34.6 Å². The summed E-state index contributed by atoms with van der Waals surface area (Å²) in [5.74, 6) is -0.460. The third-order valence-corrected chi connectivity index (χ3v) is 7.56. The number of fused-ring (bicyclic) bond motifs is 1. The number of carbonyl (C=O) groups excluding carboxylic acids is 1. The van der Waals surface area contributed by atoms with Gasteiger partial charge in [-0.1, -0.05) is 11.2 Å². The third kappa shape index (κ3) is 6.84. The lowest BCUT2D eigenvalue weighted by Gasteiger charge is -2.37. The minimum Gasteiger partial charge on any atom is -0.379 e. The number of halogens is 4. The van der Waals surface area contributed by atoms with Gasteiger partial charge in [0, 0.05) is 36.4 Å². The van der Waals surface area contributed by atoms with Crippen molar-refractivity contribution in [3.63, 3.8) is 0 Å². The Labute approximate surface area is 246 Å². The summed E-state index contributed by atoms with van der Waals surface area (Å²) < 4.78 is 64.2. The second-order valence-electron chi connectivity index (χ2n) is 12.2. The minimum atomic E-state index is -4.53. The number of piperidine rings is 1. The van der Waals surface area contributed by atoms with E-state index in [4.69, 9.17) is 4.52 Å². The maximum Gasteiger partial charge on any atom is 0.406 e. The van der Waals surface area contributed by atoms with Crippen LogP contribution in [0, 0.1) is 0 Å². The molecule has 2 N–H and O–H groups in total. The van der Waals surface area contributed by atoms with Gasteiger partial charge in [0.1, 0.15) is 12.7 Å². The number of carbonyl (C=O) groups is 1. The van der Waals surface area contributed by atoms with Gasteiger partial charge in [0.2, 0.25) is 11.7 Å². The number of nitrogens with zero attached hydrogens (tertiary/aromatic N) is 6. The van der Waals surface area contributed by atoms with Gasteiger partial charge in [-0.05, 0) is 59.2 Å². The number of anilines is 1. The van der Waals surface area contributed by atoms with E-state index in [0.29, 0.717) is 35.1 Å². The first-order valence-corrected chi connectivity index (χ1v) is 14.2. The first kappa shape index (κ1) is 30.5. The van der Waals surface area contributed by atoms with Gasteiger partial charge in [0.25, 0.3) is 5.91 Å². The molecule has 1 aromatic carbocycles. The Morgan fingerprint density at radius 1 is 1.21 bits per heavy atom. The molecule has 1 saturated heterocycles. The van der Waals surface area contributed by atoms with Gasteiger partial charge in [-0.25, -0.2) is 4.39 Å². The molecule has 4 heterocycles. The fourth-order valence-corrected chi connectivity index (χ4v) is 5.20. The van der Waals surface area contributed by atoms with Gasteiger partial charge < -0.3 is 19.7 Å². The second kappa shape index (κ2) is 11.6. The molecule has 232 valence electrons. The molecular weight excluding hydrogens is 568 g/mol. The van der Waals surface area contributed by atoms with Crippen LogP contribution in [0.3, 0.4) is 0 Å². The second-order valence-corrected chi connectivity index (χ2v) is 12.2. The van der Waals surface area contributed by atoms with Crippen LogP contribution in [0.4, 0.5) is 23.2 Å². The molecule has 0 spiro atoms. The van der Waals surface area contributed by atoms with Crippen LogP contribution in [-0.2, 0) is 18.6 Å². The molecule has 5 rings (SSSR count). The van der Waals surface area contributed by atoms with Crippen molar-refractivity contribution in [1.29, 1.82) is 0 Å². The summed E-state index contributed by atoms with van der Waals surface area (Å²) in [6.45, 7) is 9.47. The number of likely N-dealkylation sites (tertiary alicyclic amines) is 1. The highest BCUT2D eigenvalue weighted by molar-refractivity contribution is 5.96. The van der Waals surface area contributed by atoms with Gasteiger partial charge in [-0.3, -0.25) is 14.4 Å². The van der Waals surface area contributed by atoms with Crippen molar-refractivity contribution in [1.82, 2.24) is 34.7 Å². The molecule has 3 aromatic heterocycles. The first-order valence-electron chi connectivity index (χ1n) is 14.2. The van der Waals surface area contributed by atoms with Crippen molar-refractivity contribution < 1.29 is 26.9 Å². The van der Waals surface area contributed by atoms with E-state index >= 15 is 4.39 Å². The van der Waals surface area contributed by atoms with Crippen molar-refractivity contribution in [3.8, 4) is 11.5 Å².